The van der Waals surface area contributed by atoms with E-state index in [-0.39, 0.29) is 10.2 Å². The average Bonchev–Trinajstić information content (AvgIpc) is 2.79. The van der Waals surface area contributed by atoms with Crippen molar-refractivity contribution in [3.8, 4) is 5.69 Å². The Kier molecular flexibility index (Phi) is 4.33. The third-order valence-electron chi connectivity index (χ3n) is 2.77. The van der Waals surface area contributed by atoms with Crippen LogP contribution < -0.4 is 5.73 Å². The lowest BCUT2D eigenvalue weighted by atomic mass is 10.2. The highest BCUT2D eigenvalue weighted by molar-refractivity contribution is 7.86. The van der Waals surface area contributed by atoms with Crippen molar-refractivity contribution in [2.24, 2.45) is 0 Å². The van der Waals surface area contributed by atoms with Crippen LogP contribution in [0, 0.1) is 12.7 Å². The van der Waals surface area contributed by atoms with Gasteiger partial charge in [-0.3, -0.25) is 0 Å². The highest BCUT2D eigenvalue weighted by atomic mass is 32.2. The molecule has 2 N–H and O–H groups in total. The SMILES string of the molecule is Cc1cc(F)c(-n2nc(C(F)(F)F)nc2N)cc1S(=O)C(F)(F)F. The minimum atomic E-state index is -5.13. The number of nitrogen functional groups attached to an aromatic ring is 1. The van der Waals surface area contributed by atoms with E-state index in [4.69, 9.17) is 5.73 Å². The van der Waals surface area contributed by atoms with E-state index in [1.165, 1.54) is 0 Å². The van der Waals surface area contributed by atoms with Gasteiger partial charge in [-0.25, -0.2) is 8.60 Å². The number of benzene rings is 1. The second-order valence-corrected chi connectivity index (χ2v) is 5.93. The zero-order chi connectivity index (χ0) is 18.4. The first-order valence-electron chi connectivity index (χ1n) is 5.91. The Morgan fingerprint density at radius 1 is 1.17 bits per heavy atom. The standard InChI is InChI=1S/C11H7F7N4OS/c1-4-2-5(12)6(3-7(4)24(23)11(16,17)18)22-9(19)20-8(21-22)10(13,14)15/h2-3H,1H3,(H2,19,20,21). The maximum Gasteiger partial charge on any atom is 0.475 e. The Morgan fingerprint density at radius 3 is 2.21 bits per heavy atom. The molecule has 1 atom stereocenters. The number of aromatic nitrogens is 3. The molecular weight excluding hydrogens is 369 g/mol. The minimum absolute atomic E-state index is 0.189. The van der Waals surface area contributed by atoms with Crippen molar-refractivity contribution in [2.75, 3.05) is 5.73 Å². The Bertz CT molecular complexity index is 812. The van der Waals surface area contributed by atoms with Crippen molar-refractivity contribution in [2.45, 2.75) is 23.5 Å². The molecule has 1 heterocycles. The van der Waals surface area contributed by atoms with Crippen LogP contribution >= 0.6 is 0 Å². The van der Waals surface area contributed by atoms with E-state index in [0.29, 0.717) is 12.1 Å². The van der Waals surface area contributed by atoms with E-state index in [1.54, 1.807) is 0 Å². The summed E-state index contributed by atoms with van der Waals surface area (Å²) in [5.41, 5.74) is -1.06. The van der Waals surface area contributed by atoms with Crippen LogP contribution in [0.3, 0.4) is 0 Å². The number of rotatable bonds is 2. The number of aryl methyl sites for hydroxylation is 1. The van der Waals surface area contributed by atoms with Gasteiger partial charge in [0.1, 0.15) is 11.5 Å². The summed E-state index contributed by atoms with van der Waals surface area (Å²) in [6.45, 7) is 1.07. The van der Waals surface area contributed by atoms with Gasteiger partial charge >= 0.3 is 11.7 Å². The molecule has 132 valence electrons. The summed E-state index contributed by atoms with van der Waals surface area (Å²) in [6.07, 6.45) is -4.99. The molecule has 0 amide bonds. The van der Waals surface area contributed by atoms with Crippen molar-refractivity contribution >= 4 is 16.7 Å². The van der Waals surface area contributed by atoms with Crippen LogP contribution in [0.4, 0.5) is 36.7 Å². The van der Waals surface area contributed by atoms with Crippen LogP contribution in [0.15, 0.2) is 17.0 Å². The molecule has 24 heavy (non-hydrogen) atoms. The fraction of sp³-hybridized carbons (Fsp3) is 0.273. The maximum absolute atomic E-state index is 14.0. The molecule has 0 aliphatic rings. The van der Waals surface area contributed by atoms with Crippen molar-refractivity contribution in [1.82, 2.24) is 14.8 Å². The monoisotopic (exact) mass is 376 g/mol. The zero-order valence-corrected chi connectivity index (χ0v) is 12.4. The number of alkyl halides is 6. The number of halogens is 7. The average molecular weight is 376 g/mol. The summed E-state index contributed by atoms with van der Waals surface area (Å²) >= 11 is 0. The third kappa shape index (κ3) is 3.34. The molecule has 0 bridgehead atoms. The van der Waals surface area contributed by atoms with Crippen molar-refractivity contribution in [3.63, 3.8) is 0 Å². The second kappa shape index (κ2) is 5.72. The molecule has 0 aliphatic carbocycles. The lowest BCUT2D eigenvalue weighted by Gasteiger charge is -2.12. The summed E-state index contributed by atoms with van der Waals surface area (Å²) in [7, 11) is -3.51. The van der Waals surface area contributed by atoms with E-state index >= 15 is 0 Å². The van der Waals surface area contributed by atoms with E-state index in [9.17, 15) is 34.9 Å². The largest absolute Gasteiger partial charge is 0.475 e. The van der Waals surface area contributed by atoms with Gasteiger partial charge in [0, 0.05) is 0 Å². The number of hydrogen-bond donors (Lipinski definition) is 1. The molecule has 1 aromatic heterocycles. The number of hydrogen-bond acceptors (Lipinski definition) is 4. The normalized spacial score (nSPS) is 14.0. The van der Waals surface area contributed by atoms with Gasteiger partial charge in [-0.15, -0.1) is 5.10 Å². The van der Waals surface area contributed by atoms with E-state index in [0.717, 1.165) is 6.92 Å². The minimum Gasteiger partial charge on any atom is -0.368 e. The quantitative estimate of drug-likeness (QED) is 0.818. The predicted octanol–water partition coefficient (Wildman–Crippen LogP) is 2.94. The topological polar surface area (TPSA) is 73.8 Å². The van der Waals surface area contributed by atoms with Gasteiger partial charge in [-0.05, 0) is 24.6 Å². The molecule has 1 unspecified atom stereocenters. The van der Waals surface area contributed by atoms with Crippen LogP contribution in [0.1, 0.15) is 11.4 Å². The van der Waals surface area contributed by atoms with Crippen molar-refractivity contribution in [3.05, 3.63) is 29.3 Å². The lowest BCUT2D eigenvalue weighted by Crippen LogP contribution is -2.18. The first kappa shape index (κ1) is 18.2. The summed E-state index contributed by atoms with van der Waals surface area (Å²) in [6, 6.07) is 1.06. The van der Waals surface area contributed by atoms with Crippen LogP contribution in [0.5, 0.6) is 0 Å². The lowest BCUT2D eigenvalue weighted by molar-refractivity contribution is -0.144. The molecule has 0 spiro atoms. The molecule has 0 saturated heterocycles. The molecule has 0 fully saturated rings. The number of nitrogens with two attached hydrogens (primary N) is 1. The van der Waals surface area contributed by atoms with Crippen LogP contribution in [-0.2, 0) is 17.0 Å². The Balaban J connectivity index is 2.64. The molecule has 13 heteroatoms. The van der Waals surface area contributed by atoms with Gasteiger partial charge in [0.15, 0.2) is 10.8 Å². The van der Waals surface area contributed by atoms with E-state index in [2.05, 4.69) is 10.1 Å². The Labute approximate surface area is 131 Å². The molecule has 0 aliphatic heterocycles. The van der Waals surface area contributed by atoms with Crippen molar-refractivity contribution in [1.29, 1.82) is 0 Å². The number of nitrogens with zero attached hydrogens (tertiary/aromatic N) is 3. The fourth-order valence-electron chi connectivity index (χ4n) is 1.75. The Hall–Kier alpha value is -2.18. The second-order valence-electron chi connectivity index (χ2n) is 4.49. The highest BCUT2D eigenvalue weighted by Gasteiger charge is 2.40. The van der Waals surface area contributed by atoms with Crippen LogP contribution in [0.25, 0.3) is 5.69 Å². The fourth-order valence-corrected chi connectivity index (χ4v) is 2.57. The zero-order valence-electron chi connectivity index (χ0n) is 11.5. The first-order chi connectivity index (χ1) is 10.8. The van der Waals surface area contributed by atoms with E-state index < -0.39 is 50.7 Å². The van der Waals surface area contributed by atoms with Gasteiger partial charge in [-0.1, -0.05) is 0 Å². The Morgan fingerprint density at radius 2 is 1.75 bits per heavy atom. The van der Waals surface area contributed by atoms with Gasteiger partial charge in [0.05, 0.1) is 4.90 Å². The van der Waals surface area contributed by atoms with Crippen molar-refractivity contribution < 1.29 is 34.9 Å². The molecule has 1 aromatic carbocycles. The smallest absolute Gasteiger partial charge is 0.368 e. The summed E-state index contributed by atoms with van der Waals surface area (Å²) in [5.74, 6) is -3.80. The van der Waals surface area contributed by atoms with Crippen LogP contribution in [-0.4, -0.2) is 24.5 Å². The summed E-state index contributed by atoms with van der Waals surface area (Å²) in [5, 5.41) is 2.94. The summed E-state index contributed by atoms with van der Waals surface area (Å²) < 4.78 is 101. The third-order valence-corrected chi connectivity index (χ3v) is 4.03. The highest BCUT2D eigenvalue weighted by Crippen LogP contribution is 2.32. The van der Waals surface area contributed by atoms with Gasteiger partial charge < -0.3 is 5.73 Å². The van der Waals surface area contributed by atoms with E-state index in [1.807, 2.05) is 0 Å². The first-order valence-corrected chi connectivity index (χ1v) is 7.06. The molecule has 2 aromatic rings. The summed E-state index contributed by atoms with van der Waals surface area (Å²) in [4.78, 5) is 2.05. The predicted molar refractivity (Wildman–Crippen MR) is 67.9 cm³/mol. The molecule has 5 nitrogen and oxygen atoms in total. The number of anilines is 1. The molecule has 0 radical (unpaired) electrons. The van der Waals surface area contributed by atoms with Gasteiger partial charge in [-0.2, -0.15) is 36.0 Å². The van der Waals surface area contributed by atoms with Crippen LogP contribution in [0.2, 0.25) is 0 Å². The van der Waals surface area contributed by atoms with Gasteiger partial charge in [0.2, 0.25) is 5.95 Å². The molecule has 0 saturated carbocycles. The maximum atomic E-state index is 14.0. The molecular formula is C11H7F7N4OS. The molecule has 2 rings (SSSR count). The van der Waals surface area contributed by atoms with Gasteiger partial charge in [0.25, 0.3) is 5.82 Å².